The molecule has 3 N–H and O–H groups in total. The lowest BCUT2D eigenvalue weighted by molar-refractivity contribution is -0.143. The Balaban J connectivity index is 1.70. The van der Waals surface area contributed by atoms with Gasteiger partial charge >= 0.3 is 6.18 Å². The number of nitrogen functional groups attached to an aromatic ring is 1. The highest BCUT2D eigenvalue weighted by Crippen LogP contribution is 2.33. The molecule has 13 heteroatoms. The maximum absolute atomic E-state index is 14.7. The Morgan fingerprint density at radius 3 is 2.52 bits per heavy atom. The third kappa shape index (κ3) is 4.39. The van der Waals surface area contributed by atoms with Crippen LogP contribution in [0.1, 0.15) is 11.3 Å². The molecule has 4 rings (SSSR count). The van der Waals surface area contributed by atoms with Crippen molar-refractivity contribution >= 4 is 32.7 Å². The number of nitrogens with one attached hydrogen (secondary N) is 1. The van der Waals surface area contributed by atoms with Crippen LogP contribution in [0, 0.1) is 12.7 Å². The molecule has 0 bridgehead atoms. The standard InChI is InChI=1S/C20H14F4N6O2S/c1-10-7-14(28-15-9-27-19(25)29-17(10)15)11-4-5-13(12(21)8-11)30-33(31,32)16-3-2-6-26-18(16)20(22,23)24/h2-9,30H,1H3,(H2,25,27,29). The number of halogens is 4. The molecule has 0 fully saturated rings. The zero-order valence-corrected chi connectivity index (χ0v) is 17.5. The van der Waals surface area contributed by atoms with E-state index in [1.807, 2.05) is 4.72 Å². The van der Waals surface area contributed by atoms with Gasteiger partial charge in [0.15, 0.2) is 5.69 Å². The zero-order chi connectivity index (χ0) is 24.0. The van der Waals surface area contributed by atoms with Gasteiger partial charge in [-0.25, -0.2) is 27.8 Å². The minimum Gasteiger partial charge on any atom is -0.368 e. The van der Waals surface area contributed by atoms with Crippen LogP contribution in [-0.2, 0) is 16.2 Å². The molecule has 3 aromatic heterocycles. The smallest absolute Gasteiger partial charge is 0.368 e. The monoisotopic (exact) mass is 478 g/mol. The molecule has 3 heterocycles. The fourth-order valence-corrected chi connectivity index (χ4v) is 4.37. The number of aryl methyl sites for hydroxylation is 1. The van der Waals surface area contributed by atoms with E-state index in [-0.39, 0.29) is 5.95 Å². The topological polar surface area (TPSA) is 124 Å². The van der Waals surface area contributed by atoms with E-state index in [1.165, 1.54) is 12.3 Å². The van der Waals surface area contributed by atoms with Crippen molar-refractivity contribution in [3.05, 3.63) is 65.9 Å². The summed E-state index contributed by atoms with van der Waals surface area (Å²) in [5.41, 5.74) is 5.73. The summed E-state index contributed by atoms with van der Waals surface area (Å²) in [4.78, 5) is 14.3. The molecular weight excluding hydrogens is 464 g/mol. The SMILES string of the molecule is Cc1cc(-c2ccc(NS(=O)(=O)c3cccnc3C(F)(F)F)c(F)c2)nc2cnc(N)nc12. The number of aromatic nitrogens is 4. The number of nitrogens with two attached hydrogens (primary N) is 1. The minimum atomic E-state index is -5.01. The van der Waals surface area contributed by atoms with E-state index >= 15 is 0 Å². The third-order valence-corrected chi connectivity index (χ3v) is 5.99. The van der Waals surface area contributed by atoms with Crippen molar-refractivity contribution in [3.8, 4) is 11.3 Å². The number of rotatable bonds is 4. The van der Waals surface area contributed by atoms with Crippen LogP contribution in [0.15, 0.2) is 53.7 Å². The van der Waals surface area contributed by atoms with Crippen LogP contribution in [0.3, 0.4) is 0 Å². The van der Waals surface area contributed by atoms with Gasteiger partial charge in [-0.2, -0.15) is 13.2 Å². The molecule has 4 aromatic rings. The van der Waals surface area contributed by atoms with Crippen molar-refractivity contribution in [1.29, 1.82) is 0 Å². The van der Waals surface area contributed by atoms with Crippen LogP contribution in [0.25, 0.3) is 22.3 Å². The predicted octanol–water partition coefficient (Wildman–Crippen LogP) is 3.94. The summed E-state index contributed by atoms with van der Waals surface area (Å²) < 4.78 is 81.1. The number of anilines is 2. The zero-order valence-electron chi connectivity index (χ0n) is 16.7. The van der Waals surface area contributed by atoms with Gasteiger partial charge in [0.1, 0.15) is 16.2 Å². The number of benzene rings is 1. The maximum atomic E-state index is 14.7. The Hall–Kier alpha value is -3.87. The second-order valence-corrected chi connectivity index (χ2v) is 8.59. The van der Waals surface area contributed by atoms with E-state index < -0.39 is 38.3 Å². The highest BCUT2D eigenvalue weighted by molar-refractivity contribution is 7.92. The summed E-state index contributed by atoms with van der Waals surface area (Å²) in [5, 5.41) is 0. The number of hydrogen-bond donors (Lipinski definition) is 2. The summed E-state index contributed by atoms with van der Waals surface area (Å²) in [5.74, 6) is -0.938. The lowest BCUT2D eigenvalue weighted by Crippen LogP contribution is -2.20. The first kappa shape index (κ1) is 22.3. The van der Waals surface area contributed by atoms with Crippen LogP contribution < -0.4 is 10.5 Å². The fourth-order valence-electron chi connectivity index (χ4n) is 3.12. The van der Waals surface area contributed by atoms with Gasteiger partial charge < -0.3 is 5.73 Å². The van der Waals surface area contributed by atoms with Gasteiger partial charge in [0.2, 0.25) is 5.95 Å². The minimum absolute atomic E-state index is 0.0742. The van der Waals surface area contributed by atoms with Gasteiger partial charge in [-0.3, -0.25) is 9.71 Å². The molecule has 170 valence electrons. The van der Waals surface area contributed by atoms with Crippen LogP contribution in [0.4, 0.5) is 29.2 Å². The molecular formula is C20H14F4N6O2S. The predicted molar refractivity (Wildman–Crippen MR) is 112 cm³/mol. The normalized spacial score (nSPS) is 12.2. The van der Waals surface area contributed by atoms with Gasteiger partial charge in [-0.05, 0) is 42.8 Å². The molecule has 0 saturated heterocycles. The number of fused-ring (bicyclic) bond motifs is 1. The lowest BCUT2D eigenvalue weighted by atomic mass is 10.1. The fraction of sp³-hybridized carbons (Fsp3) is 0.100. The van der Waals surface area contributed by atoms with Gasteiger partial charge in [0, 0.05) is 11.8 Å². The molecule has 8 nitrogen and oxygen atoms in total. The van der Waals surface area contributed by atoms with Gasteiger partial charge in [-0.1, -0.05) is 6.07 Å². The van der Waals surface area contributed by atoms with E-state index in [4.69, 9.17) is 5.73 Å². The van der Waals surface area contributed by atoms with E-state index in [1.54, 1.807) is 13.0 Å². The first-order chi connectivity index (χ1) is 15.5. The lowest BCUT2D eigenvalue weighted by Gasteiger charge is -2.14. The average molecular weight is 478 g/mol. The van der Waals surface area contributed by atoms with Crippen molar-refractivity contribution < 1.29 is 26.0 Å². The van der Waals surface area contributed by atoms with Crippen LogP contribution in [0.2, 0.25) is 0 Å². The first-order valence-electron chi connectivity index (χ1n) is 9.20. The Labute approximate surface area is 184 Å². The molecule has 0 aliphatic carbocycles. The molecule has 33 heavy (non-hydrogen) atoms. The number of alkyl halides is 3. The Morgan fingerprint density at radius 1 is 1.06 bits per heavy atom. The van der Waals surface area contributed by atoms with Crippen molar-refractivity contribution in [3.63, 3.8) is 0 Å². The van der Waals surface area contributed by atoms with Gasteiger partial charge in [-0.15, -0.1) is 0 Å². The van der Waals surface area contributed by atoms with Crippen molar-refractivity contribution in [2.24, 2.45) is 0 Å². The highest BCUT2D eigenvalue weighted by Gasteiger charge is 2.39. The number of hydrogen-bond acceptors (Lipinski definition) is 7. The molecule has 0 aliphatic heterocycles. The molecule has 0 amide bonds. The van der Waals surface area contributed by atoms with Crippen LogP contribution in [-0.4, -0.2) is 28.4 Å². The van der Waals surface area contributed by atoms with E-state index in [9.17, 15) is 26.0 Å². The van der Waals surface area contributed by atoms with E-state index in [0.717, 1.165) is 30.5 Å². The van der Waals surface area contributed by atoms with Crippen molar-refractivity contribution in [1.82, 2.24) is 19.9 Å². The van der Waals surface area contributed by atoms with E-state index in [0.29, 0.717) is 27.9 Å². The number of nitrogens with zero attached hydrogens (tertiary/aromatic N) is 4. The third-order valence-electron chi connectivity index (χ3n) is 4.59. The summed E-state index contributed by atoms with van der Waals surface area (Å²) in [6.45, 7) is 1.75. The Morgan fingerprint density at radius 2 is 1.82 bits per heavy atom. The van der Waals surface area contributed by atoms with Crippen molar-refractivity contribution in [2.45, 2.75) is 18.0 Å². The summed E-state index contributed by atoms with van der Waals surface area (Å²) in [7, 11) is -4.78. The first-order valence-corrected chi connectivity index (χ1v) is 10.7. The van der Waals surface area contributed by atoms with E-state index in [2.05, 4.69) is 19.9 Å². The maximum Gasteiger partial charge on any atom is 0.434 e. The molecule has 0 radical (unpaired) electrons. The molecule has 0 unspecified atom stereocenters. The molecule has 0 atom stereocenters. The summed E-state index contributed by atoms with van der Waals surface area (Å²) >= 11 is 0. The molecule has 1 aromatic carbocycles. The second-order valence-electron chi connectivity index (χ2n) is 6.93. The Kier molecular flexibility index (Phi) is 5.36. The largest absolute Gasteiger partial charge is 0.434 e. The summed E-state index contributed by atoms with van der Waals surface area (Å²) in [6, 6.07) is 6.89. The van der Waals surface area contributed by atoms with Crippen LogP contribution in [0.5, 0.6) is 0 Å². The number of pyridine rings is 2. The average Bonchev–Trinajstić information content (AvgIpc) is 2.75. The second kappa shape index (κ2) is 7.92. The highest BCUT2D eigenvalue weighted by atomic mass is 32.2. The quantitative estimate of drug-likeness (QED) is 0.426. The molecule has 0 aliphatic rings. The van der Waals surface area contributed by atoms with Gasteiger partial charge in [0.05, 0.1) is 23.1 Å². The van der Waals surface area contributed by atoms with Gasteiger partial charge in [0.25, 0.3) is 10.0 Å². The van der Waals surface area contributed by atoms with Crippen molar-refractivity contribution in [2.75, 3.05) is 10.5 Å². The Bertz CT molecular complexity index is 1490. The molecule has 0 saturated carbocycles. The molecule has 0 spiro atoms. The summed E-state index contributed by atoms with van der Waals surface area (Å²) in [6.07, 6.45) is -2.78. The number of sulfonamides is 1. The van der Waals surface area contributed by atoms with Crippen LogP contribution >= 0.6 is 0 Å².